The Labute approximate surface area is 139 Å². The summed E-state index contributed by atoms with van der Waals surface area (Å²) in [5.74, 6) is 6.10. The molecule has 0 aliphatic rings. The fourth-order valence-corrected chi connectivity index (χ4v) is 2.74. The first-order valence-electron chi connectivity index (χ1n) is 7.06. The first-order valence-corrected chi connectivity index (χ1v) is 7.94. The lowest BCUT2D eigenvalue weighted by Gasteiger charge is -2.03. The number of rotatable bonds is 1. The summed E-state index contributed by atoms with van der Waals surface area (Å²) >= 11 is 1.59. The van der Waals surface area contributed by atoms with Gasteiger partial charge in [-0.15, -0.1) is 11.3 Å². The minimum Gasteiger partial charge on any atom is -0.255 e. The average molecular weight is 315 g/mol. The van der Waals surface area contributed by atoms with Crippen LogP contribution in [0.15, 0.2) is 41.9 Å². The topological polar surface area (TPSA) is 49.6 Å². The molecule has 1 aromatic carbocycles. The Morgan fingerprint density at radius 1 is 1.04 bits per heavy atom. The van der Waals surface area contributed by atoms with Crippen molar-refractivity contribution in [3.63, 3.8) is 0 Å². The van der Waals surface area contributed by atoms with Crippen LogP contribution in [-0.2, 0) is 0 Å². The van der Waals surface area contributed by atoms with E-state index in [0.717, 1.165) is 33.1 Å². The van der Waals surface area contributed by atoms with Crippen molar-refractivity contribution in [3.8, 4) is 29.2 Å². The zero-order chi connectivity index (χ0) is 16.2. The molecule has 0 unspecified atom stereocenters. The van der Waals surface area contributed by atoms with Crippen molar-refractivity contribution in [2.45, 2.75) is 13.8 Å². The van der Waals surface area contributed by atoms with E-state index in [1.165, 1.54) is 0 Å². The largest absolute Gasteiger partial charge is 0.255 e. The summed E-state index contributed by atoms with van der Waals surface area (Å²) in [4.78, 5) is 8.77. The normalized spacial score (nSPS) is 9.78. The standard InChI is InChI=1S/C19H13N3S/c1-13-7-16(10-20)9-17(8-13)19-6-4-15(11-21-19)3-5-18-12-23-14(2)22-18/h4,6-9,11-12H,1-2H3. The van der Waals surface area contributed by atoms with Crippen LogP contribution >= 0.6 is 11.3 Å². The smallest absolute Gasteiger partial charge is 0.124 e. The van der Waals surface area contributed by atoms with Crippen LogP contribution in [0.3, 0.4) is 0 Å². The van der Waals surface area contributed by atoms with Crippen LogP contribution in [0.1, 0.15) is 27.4 Å². The summed E-state index contributed by atoms with van der Waals surface area (Å²) in [6, 6.07) is 11.8. The molecule has 2 aromatic heterocycles. The molecule has 0 spiro atoms. The van der Waals surface area contributed by atoms with E-state index in [2.05, 4.69) is 27.9 Å². The van der Waals surface area contributed by atoms with Gasteiger partial charge in [0.25, 0.3) is 0 Å². The Kier molecular flexibility index (Phi) is 4.19. The van der Waals surface area contributed by atoms with Gasteiger partial charge in [-0.05, 0) is 55.7 Å². The summed E-state index contributed by atoms with van der Waals surface area (Å²) < 4.78 is 0. The van der Waals surface area contributed by atoms with Crippen molar-refractivity contribution < 1.29 is 0 Å². The number of aryl methyl sites for hydroxylation is 2. The molecule has 0 saturated heterocycles. The van der Waals surface area contributed by atoms with E-state index < -0.39 is 0 Å². The Bertz CT molecular complexity index is 951. The zero-order valence-electron chi connectivity index (χ0n) is 12.8. The highest BCUT2D eigenvalue weighted by atomic mass is 32.1. The van der Waals surface area contributed by atoms with E-state index in [9.17, 15) is 0 Å². The maximum absolute atomic E-state index is 9.06. The molecule has 0 aliphatic carbocycles. The minimum absolute atomic E-state index is 0.643. The summed E-state index contributed by atoms with van der Waals surface area (Å²) in [6.07, 6.45) is 1.75. The molecule has 0 bridgehead atoms. The Balaban J connectivity index is 1.87. The highest BCUT2D eigenvalue weighted by molar-refractivity contribution is 7.09. The van der Waals surface area contributed by atoms with Crippen LogP contribution in [0.2, 0.25) is 0 Å². The van der Waals surface area contributed by atoms with Crippen molar-refractivity contribution in [2.24, 2.45) is 0 Å². The van der Waals surface area contributed by atoms with Gasteiger partial charge in [-0.3, -0.25) is 4.98 Å². The molecule has 0 saturated carbocycles. The van der Waals surface area contributed by atoms with Crippen LogP contribution in [0.4, 0.5) is 0 Å². The van der Waals surface area contributed by atoms with Crippen LogP contribution in [0, 0.1) is 37.0 Å². The fourth-order valence-electron chi connectivity index (χ4n) is 2.19. The van der Waals surface area contributed by atoms with E-state index in [1.807, 2.05) is 49.6 Å². The second-order valence-electron chi connectivity index (χ2n) is 5.13. The molecular formula is C19H13N3S. The third-order valence-corrected chi connectivity index (χ3v) is 3.99. The molecule has 0 radical (unpaired) electrons. The summed E-state index contributed by atoms with van der Waals surface area (Å²) in [5, 5.41) is 12.0. The maximum atomic E-state index is 9.06. The van der Waals surface area contributed by atoms with Gasteiger partial charge in [0.15, 0.2) is 0 Å². The number of pyridine rings is 1. The molecule has 3 rings (SSSR count). The molecule has 3 nitrogen and oxygen atoms in total. The van der Waals surface area contributed by atoms with Gasteiger partial charge in [0.1, 0.15) is 5.69 Å². The van der Waals surface area contributed by atoms with Gasteiger partial charge in [-0.25, -0.2) is 4.98 Å². The van der Waals surface area contributed by atoms with Gasteiger partial charge in [-0.1, -0.05) is 5.92 Å². The van der Waals surface area contributed by atoms with Crippen molar-refractivity contribution in [1.82, 2.24) is 9.97 Å². The number of hydrogen-bond acceptors (Lipinski definition) is 4. The minimum atomic E-state index is 0.643. The molecule has 110 valence electrons. The lowest BCUT2D eigenvalue weighted by atomic mass is 10.0. The number of nitrogens with zero attached hydrogens (tertiary/aromatic N) is 3. The number of thiazole rings is 1. The SMILES string of the molecule is Cc1cc(C#N)cc(-c2ccc(C#Cc3csc(C)n3)cn2)c1. The molecule has 0 aliphatic heterocycles. The second-order valence-corrected chi connectivity index (χ2v) is 6.20. The van der Waals surface area contributed by atoms with Gasteiger partial charge in [0.05, 0.1) is 22.3 Å². The molecule has 0 N–H and O–H groups in total. The molecule has 2 heterocycles. The van der Waals surface area contributed by atoms with Crippen LogP contribution in [0.5, 0.6) is 0 Å². The Hall–Kier alpha value is -2.95. The fraction of sp³-hybridized carbons (Fsp3) is 0.105. The lowest BCUT2D eigenvalue weighted by Crippen LogP contribution is -1.87. The van der Waals surface area contributed by atoms with Crippen LogP contribution in [-0.4, -0.2) is 9.97 Å². The van der Waals surface area contributed by atoms with Crippen LogP contribution in [0.25, 0.3) is 11.3 Å². The van der Waals surface area contributed by atoms with Crippen molar-refractivity contribution in [3.05, 3.63) is 69.3 Å². The Morgan fingerprint density at radius 2 is 1.91 bits per heavy atom. The van der Waals surface area contributed by atoms with E-state index in [1.54, 1.807) is 17.5 Å². The predicted octanol–water partition coefficient (Wildman–Crippen LogP) is 4.09. The van der Waals surface area contributed by atoms with Crippen molar-refractivity contribution in [1.29, 1.82) is 5.26 Å². The third kappa shape index (κ3) is 3.63. The number of benzene rings is 1. The lowest BCUT2D eigenvalue weighted by molar-refractivity contribution is 1.27. The number of nitriles is 1. The molecule has 23 heavy (non-hydrogen) atoms. The van der Waals surface area contributed by atoms with Gasteiger partial charge in [0, 0.05) is 22.7 Å². The molecule has 0 fully saturated rings. The molecular weight excluding hydrogens is 302 g/mol. The summed E-state index contributed by atoms with van der Waals surface area (Å²) in [5.41, 5.74) is 5.09. The van der Waals surface area contributed by atoms with Crippen LogP contribution < -0.4 is 0 Å². The van der Waals surface area contributed by atoms with E-state index >= 15 is 0 Å². The quantitative estimate of drug-likeness (QED) is 0.635. The van der Waals surface area contributed by atoms with Gasteiger partial charge >= 0.3 is 0 Å². The van der Waals surface area contributed by atoms with Crippen molar-refractivity contribution >= 4 is 11.3 Å². The van der Waals surface area contributed by atoms with Crippen molar-refractivity contribution in [2.75, 3.05) is 0 Å². The summed E-state index contributed by atoms with van der Waals surface area (Å²) in [7, 11) is 0. The maximum Gasteiger partial charge on any atom is 0.124 e. The summed E-state index contributed by atoms with van der Waals surface area (Å²) in [6.45, 7) is 3.93. The number of aromatic nitrogens is 2. The molecule has 3 aromatic rings. The number of hydrogen-bond donors (Lipinski definition) is 0. The first kappa shape index (κ1) is 15.0. The second kappa shape index (κ2) is 6.44. The van der Waals surface area contributed by atoms with Gasteiger partial charge in [-0.2, -0.15) is 5.26 Å². The first-order chi connectivity index (χ1) is 11.1. The molecule has 4 heteroatoms. The predicted molar refractivity (Wildman–Crippen MR) is 92.0 cm³/mol. The van der Waals surface area contributed by atoms with E-state index in [0.29, 0.717) is 5.56 Å². The van der Waals surface area contributed by atoms with E-state index in [-0.39, 0.29) is 0 Å². The van der Waals surface area contributed by atoms with E-state index in [4.69, 9.17) is 5.26 Å². The van der Waals surface area contributed by atoms with Gasteiger partial charge in [0.2, 0.25) is 0 Å². The highest BCUT2D eigenvalue weighted by Crippen LogP contribution is 2.20. The molecule has 0 amide bonds. The molecule has 0 atom stereocenters. The zero-order valence-corrected chi connectivity index (χ0v) is 13.6. The van der Waals surface area contributed by atoms with Gasteiger partial charge < -0.3 is 0 Å². The Morgan fingerprint density at radius 3 is 2.57 bits per heavy atom. The monoisotopic (exact) mass is 315 g/mol. The third-order valence-electron chi connectivity index (χ3n) is 3.22. The average Bonchev–Trinajstić information content (AvgIpc) is 2.98. The highest BCUT2D eigenvalue weighted by Gasteiger charge is 2.02.